The van der Waals surface area contributed by atoms with E-state index in [0.29, 0.717) is 18.0 Å². The molecule has 2 atom stereocenters. The number of nitriles is 1. The van der Waals surface area contributed by atoms with Crippen molar-refractivity contribution in [3.63, 3.8) is 0 Å². The molecule has 1 unspecified atom stereocenters. The van der Waals surface area contributed by atoms with Gasteiger partial charge in [-0.3, -0.25) is 4.68 Å². The molecule has 4 heterocycles. The van der Waals surface area contributed by atoms with E-state index in [4.69, 9.17) is 14.5 Å². The van der Waals surface area contributed by atoms with Crippen LogP contribution in [0.4, 0.5) is 5.69 Å². The molecule has 5 rings (SSSR count). The molecule has 4 aromatic rings. The molecular weight excluding hydrogens is 442 g/mol. The largest absolute Gasteiger partial charge is 0.469 e. The van der Waals surface area contributed by atoms with E-state index >= 15 is 0 Å². The predicted octanol–water partition coefficient (Wildman–Crippen LogP) is 3.71. The van der Waals surface area contributed by atoms with Crippen LogP contribution in [0.3, 0.4) is 0 Å². The molecule has 35 heavy (non-hydrogen) atoms. The Morgan fingerprint density at radius 1 is 1.23 bits per heavy atom. The van der Waals surface area contributed by atoms with E-state index in [9.17, 15) is 0 Å². The zero-order valence-corrected chi connectivity index (χ0v) is 19.9. The molecular formula is C26H27N7O2. The van der Waals surface area contributed by atoms with Crippen LogP contribution in [0.5, 0.6) is 5.88 Å². The zero-order valence-electron chi connectivity index (χ0n) is 19.9. The van der Waals surface area contributed by atoms with Gasteiger partial charge >= 0.3 is 0 Å². The van der Waals surface area contributed by atoms with E-state index in [2.05, 4.69) is 31.9 Å². The summed E-state index contributed by atoms with van der Waals surface area (Å²) in [4.78, 5) is 4.59. The Labute approximate surface area is 203 Å². The number of aromatic nitrogens is 4. The van der Waals surface area contributed by atoms with Gasteiger partial charge < -0.3 is 19.9 Å². The maximum atomic E-state index is 9.02. The molecule has 1 aliphatic heterocycles. The van der Waals surface area contributed by atoms with Crippen LogP contribution in [0.25, 0.3) is 11.1 Å². The smallest absolute Gasteiger partial charge is 0.237 e. The quantitative estimate of drug-likeness (QED) is 0.421. The Balaban J connectivity index is 1.34. The second-order valence-electron chi connectivity index (χ2n) is 8.74. The van der Waals surface area contributed by atoms with Gasteiger partial charge in [0.15, 0.2) is 0 Å². The van der Waals surface area contributed by atoms with Crippen molar-refractivity contribution in [2.45, 2.75) is 32.4 Å². The first-order valence-corrected chi connectivity index (χ1v) is 11.6. The minimum Gasteiger partial charge on any atom is -0.469 e. The Hall–Kier alpha value is -4.16. The van der Waals surface area contributed by atoms with Crippen LogP contribution in [-0.4, -0.2) is 39.1 Å². The predicted molar refractivity (Wildman–Crippen MR) is 131 cm³/mol. The molecule has 0 amide bonds. The number of nitrogens with zero attached hydrogens (tertiary/aromatic N) is 5. The summed E-state index contributed by atoms with van der Waals surface area (Å²) in [7, 11) is 1.89. The van der Waals surface area contributed by atoms with Gasteiger partial charge in [-0.25, -0.2) is 4.98 Å². The van der Waals surface area contributed by atoms with Crippen LogP contribution in [0.2, 0.25) is 0 Å². The molecule has 1 aromatic carbocycles. The highest BCUT2D eigenvalue weighted by atomic mass is 16.5. The van der Waals surface area contributed by atoms with Gasteiger partial charge in [0.2, 0.25) is 5.88 Å². The van der Waals surface area contributed by atoms with E-state index in [1.165, 1.54) is 0 Å². The summed E-state index contributed by atoms with van der Waals surface area (Å²) in [5.41, 5.74) is 6.51. The summed E-state index contributed by atoms with van der Waals surface area (Å²) < 4.78 is 13.6. The van der Waals surface area contributed by atoms with Crippen molar-refractivity contribution in [3.8, 4) is 23.1 Å². The van der Waals surface area contributed by atoms with Gasteiger partial charge in [-0.2, -0.15) is 10.4 Å². The molecule has 2 N–H and O–H groups in total. The summed E-state index contributed by atoms with van der Waals surface area (Å²) in [6, 6.07) is 11.7. The van der Waals surface area contributed by atoms with Crippen molar-refractivity contribution in [3.05, 3.63) is 77.1 Å². The van der Waals surface area contributed by atoms with Crippen LogP contribution in [0.15, 0.2) is 53.4 Å². The lowest BCUT2D eigenvalue weighted by atomic mass is 9.98. The van der Waals surface area contributed by atoms with E-state index in [1.54, 1.807) is 4.68 Å². The third-order valence-corrected chi connectivity index (χ3v) is 6.28. The van der Waals surface area contributed by atoms with Crippen molar-refractivity contribution in [2.24, 2.45) is 7.05 Å². The third-order valence-electron chi connectivity index (χ3n) is 6.28. The van der Waals surface area contributed by atoms with E-state index in [1.807, 2.05) is 69.8 Å². The lowest BCUT2D eigenvalue weighted by Gasteiger charge is -2.33. The lowest BCUT2D eigenvalue weighted by molar-refractivity contribution is 0.149. The number of fused-ring (bicyclic) bond motifs is 1. The highest BCUT2D eigenvalue weighted by Gasteiger charge is 2.33. The topological polar surface area (TPSA) is 114 Å². The van der Waals surface area contributed by atoms with Gasteiger partial charge in [0.1, 0.15) is 11.9 Å². The summed E-state index contributed by atoms with van der Waals surface area (Å²) in [6.07, 6.45) is 6.19. The molecule has 0 saturated carbocycles. The van der Waals surface area contributed by atoms with Crippen molar-refractivity contribution in [1.29, 1.82) is 5.26 Å². The summed E-state index contributed by atoms with van der Waals surface area (Å²) >= 11 is 0. The fourth-order valence-corrected chi connectivity index (χ4v) is 4.45. The minimum atomic E-state index is -0.211. The molecule has 0 saturated heterocycles. The highest BCUT2D eigenvalue weighted by molar-refractivity contribution is 5.69. The molecule has 0 radical (unpaired) electrons. The van der Waals surface area contributed by atoms with Gasteiger partial charge in [-0.05, 0) is 50.6 Å². The van der Waals surface area contributed by atoms with E-state index in [-0.39, 0.29) is 12.1 Å². The number of hydrogen-bond acceptors (Lipinski definition) is 8. The Kier molecular flexibility index (Phi) is 6.21. The van der Waals surface area contributed by atoms with Crippen LogP contribution in [-0.2, 0) is 13.5 Å². The van der Waals surface area contributed by atoms with Crippen LogP contribution >= 0.6 is 0 Å². The first-order chi connectivity index (χ1) is 17.0. The van der Waals surface area contributed by atoms with Gasteiger partial charge in [0.25, 0.3) is 0 Å². The van der Waals surface area contributed by atoms with E-state index in [0.717, 1.165) is 52.4 Å². The molecule has 0 spiro atoms. The van der Waals surface area contributed by atoms with Crippen LogP contribution in [0, 0.1) is 25.2 Å². The average Bonchev–Trinajstić information content (AvgIpc) is 3.46. The standard InChI is InChI=1S/C26H27N7O2/c1-16-24(17(2)35-32-16)25(28-9-8-18-4-6-19(11-27)7-5-18)23-14-29-22-10-20(12-30-26(22)34-23)21-13-31-33(3)15-21/h4-7,10,12-13,15,23,25,28-29H,8-9,14H2,1-3H3/t23-,25?/m1/s1. The number of ether oxygens (including phenoxy) is 1. The molecule has 3 aromatic heterocycles. The molecule has 9 heteroatoms. The van der Waals surface area contributed by atoms with Gasteiger partial charge in [0.05, 0.1) is 41.8 Å². The molecule has 178 valence electrons. The van der Waals surface area contributed by atoms with Gasteiger partial charge in [0, 0.05) is 36.1 Å². The highest BCUT2D eigenvalue weighted by Crippen LogP contribution is 2.35. The van der Waals surface area contributed by atoms with Crippen molar-refractivity contribution in [1.82, 2.24) is 25.2 Å². The maximum Gasteiger partial charge on any atom is 0.237 e. The number of nitrogens with one attached hydrogen (secondary N) is 2. The molecule has 0 aliphatic carbocycles. The van der Waals surface area contributed by atoms with Crippen molar-refractivity contribution < 1.29 is 9.26 Å². The first-order valence-electron chi connectivity index (χ1n) is 11.6. The molecule has 0 fully saturated rings. The fraction of sp³-hybridized carbons (Fsp3) is 0.308. The summed E-state index contributed by atoms with van der Waals surface area (Å²) in [5, 5.41) is 24.6. The van der Waals surface area contributed by atoms with Crippen molar-refractivity contribution in [2.75, 3.05) is 18.4 Å². The average molecular weight is 470 g/mol. The zero-order chi connectivity index (χ0) is 24.4. The first kappa shape index (κ1) is 22.6. The fourth-order valence-electron chi connectivity index (χ4n) is 4.45. The normalized spacial score (nSPS) is 15.5. The maximum absolute atomic E-state index is 9.02. The SMILES string of the molecule is Cc1noc(C)c1C(NCCc1ccc(C#N)cc1)[C@H]1CNc2cc(-c3cnn(C)c3)cnc2O1. The molecule has 0 bridgehead atoms. The number of benzene rings is 1. The number of anilines is 1. The number of aryl methyl sites for hydroxylation is 3. The van der Waals surface area contributed by atoms with Crippen LogP contribution < -0.4 is 15.4 Å². The van der Waals surface area contributed by atoms with Crippen molar-refractivity contribution >= 4 is 5.69 Å². The van der Waals surface area contributed by atoms with E-state index < -0.39 is 0 Å². The number of rotatable bonds is 7. The monoisotopic (exact) mass is 469 g/mol. The van der Waals surface area contributed by atoms with Gasteiger partial charge in [-0.15, -0.1) is 0 Å². The lowest BCUT2D eigenvalue weighted by Crippen LogP contribution is -2.43. The second-order valence-corrected chi connectivity index (χ2v) is 8.74. The minimum absolute atomic E-state index is 0.139. The van der Waals surface area contributed by atoms with Gasteiger partial charge in [-0.1, -0.05) is 17.3 Å². The second kappa shape index (κ2) is 9.60. The molecule has 1 aliphatic rings. The Morgan fingerprint density at radius 3 is 2.74 bits per heavy atom. The number of pyridine rings is 1. The number of hydrogen-bond donors (Lipinski definition) is 2. The Bertz CT molecular complexity index is 1350. The molecule has 9 nitrogen and oxygen atoms in total. The summed E-state index contributed by atoms with van der Waals surface area (Å²) in [6.45, 7) is 5.20. The Morgan fingerprint density at radius 2 is 2.06 bits per heavy atom. The summed E-state index contributed by atoms with van der Waals surface area (Å²) in [5.74, 6) is 1.34. The van der Waals surface area contributed by atoms with Crippen LogP contribution in [0.1, 0.15) is 34.2 Å². The third kappa shape index (κ3) is 4.74.